The summed E-state index contributed by atoms with van der Waals surface area (Å²) < 4.78 is 5.14. The average Bonchev–Trinajstić information content (AvgIpc) is 2.72. The highest BCUT2D eigenvalue weighted by Gasteiger charge is 2.29. The monoisotopic (exact) mass is 380 g/mol. The van der Waals surface area contributed by atoms with Gasteiger partial charge in [-0.05, 0) is 54.2 Å². The lowest BCUT2D eigenvalue weighted by atomic mass is 9.97. The molecule has 5 nitrogen and oxygen atoms in total. The van der Waals surface area contributed by atoms with Gasteiger partial charge in [-0.25, -0.2) is 0 Å². The molecule has 0 radical (unpaired) electrons. The van der Waals surface area contributed by atoms with Crippen molar-refractivity contribution in [3.63, 3.8) is 0 Å². The fourth-order valence-electron chi connectivity index (χ4n) is 3.58. The summed E-state index contributed by atoms with van der Waals surface area (Å²) in [7, 11) is 1.59. The highest BCUT2D eigenvalue weighted by atomic mass is 16.5. The molecule has 1 aliphatic rings. The molecule has 0 fully saturated rings. The van der Waals surface area contributed by atoms with Crippen molar-refractivity contribution < 1.29 is 14.3 Å². The molecule has 28 heavy (non-hydrogen) atoms. The third-order valence-corrected chi connectivity index (χ3v) is 5.11. The first-order valence-electron chi connectivity index (χ1n) is 9.78. The van der Waals surface area contributed by atoms with Gasteiger partial charge in [0.15, 0.2) is 0 Å². The van der Waals surface area contributed by atoms with E-state index in [4.69, 9.17) is 4.74 Å². The molecule has 0 aromatic heterocycles. The van der Waals surface area contributed by atoms with Gasteiger partial charge in [0.2, 0.25) is 5.91 Å². The molecule has 1 N–H and O–H groups in total. The van der Waals surface area contributed by atoms with Crippen LogP contribution in [0.5, 0.6) is 5.75 Å². The van der Waals surface area contributed by atoms with Gasteiger partial charge < -0.3 is 15.0 Å². The molecule has 1 atom stereocenters. The van der Waals surface area contributed by atoms with Crippen LogP contribution in [0.15, 0.2) is 48.5 Å². The SMILES string of the molecule is COc1ccc(C(=O)N[C@@H](CC(C)C)C(=O)N2CCc3ccccc3C2)cc1. The van der Waals surface area contributed by atoms with Crippen molar-refractivity contribution in [1.29, 1.82) is 0 Å². The Bertz CT molecular complexity index is 830. The minimum Gasteiger partial charge on any atom is -0.497 e. The fourth-order valence-corrected chi connectivity index (χ4v) is 3.58. The van der Waals surface area contributed by atoms with Crippen molar-refractivity contribution in [3.05, 3.63) is 65.2 Å². The molecule has 5 heteroatoms. The maximum Gasteiger partial charge on any atom is 0.251 e. The third kappa shape index (κ3) is 4.71. The molecular formula is C23H28N2O3. The number of rotatable bonds is 6. The molecule has 1 heterocycles. The van der Waals surface area contributed by atoms with Crippen molar-refractivity contribution >= 4 is 11.8 Å². The summed E-state index contributed by atoms with van der Waals surface area (Å²) in [5.41, 5.74) is 3.01. The smallest absolute Gasteiger partial charge is 0.251 e. The number of hydrogen-bond donors (Lipinski definition) is 1. The number of methoxy groups -OCH3 is 1. The van der Waals surface area contributed by atoms with Crippen LogP contribution in [0.25, 0.3) is 0 Å². The molecule has 0 spiro atoms. The first-order chi connectivity index (χ1) is 13.5. The van der Waals surface area contributed by atoms with Gasteiger partial charge >= 0.3 is 0 Å². The van der Waals surface area contributed by atoms with Crippen LogP contribution < -0.4 is 10.1 Å². The van der Waals surface area contributed by atoms with E-state index in [1.54, 1.807) is 31.4 Å². The summed E-state index contributed by atoms with van der Waals surface area (Å²) in [6.07, 6.45) is 1.46. The Balaban J connectivity index is 1.72. The molecule has 2 aromatic carbocycles. The Morgan fingerprint density at radius 1 is 1.07 bits per heavy atom. The van der Waals surface area contributed by atoms with Gasteiger partial charge in [0.1, 0.15) is 11.8 Å². The summed E-state index contributed by atoms with van der Waals surface area (Å²) >= 11 is 0. The minimum absolute atomic E-state index is 0.00920. The van der Waals surface area contributed by atoms with Crippen molar-refractivity contribution in [2.75, 3.05) is 13.7 Å². The van der Waals surface area contributed by atoms with Gasteiger partial charge in [-0.15, -0.1) is 0 Å². The molecule has 0 aliphatic carbocycles. The van der Waals surface area contributed by atoms with Gasteiger partial charge in [0.05, 0.1) is 7.11 Å². The van der Waals surface area contributed by atoms with E-state index < -0.39 is 6.04 Å². The Morgan fingerprint density at radius 3 is 2.39 bits per heavy atom. The quantitative estimate of drug-likeness (QED) is 0.835. The van der Waals surface area contributed by atoms with Crippen molar-refractivity contribution in [1.82, 2.24) is 10.2 Å². The van der Waals surface area contributed by atoms with Crippen LogP contribution in [-0.2, 0) is 17.8 Å². The highest BCUT2D eigenvalue weighted by molar-refractivity contribution is 5.97. The molecule has 0 unspecified atom stereocenters. The number of amides is 2. The van der Waals surface area contributed by atoms with Crippen LogP contribution in [0.2, 0.25) is 0 Å². The van der Waals surface area contributed by atoms with Gasteiger partial charge in [0, 0.05) is 18.7 Å². The topological polar surface area (TPSA) is 58.6 Å². The number of hydrogen-bond acceptors (Lipinski definition) is 3. The molecule has 0 bridgehead atoms. The van der Waals surface area contributed by atoms with E-state index in [9.17, 15) is 9.59 Å². The summed E-state index contributed by atoms with van der Waals surface area (Å²) in [6, 6.07) is 14.6. The molecule has 3 rings (SSSR count). The molecule has 2 amide bonds. The van der Waals surface area contributed by atoms with E-state index in [0.717, 1.165) is 6.42 Å². The highest BCUT2D eigenvalue weighted by Crippen LogP contribution is 2.20. The number of nitrogens with one attached hydrogen (secondary N) is 1. The lowest BCUT2D eigenvalue weighted by Crippen LogP contribution is -2.50. The number of fused-ring (bicyclic) bond motifs is 1. The standard InChI is InChI=1S/C23H28N2O3/c1-16(2)14-21(24-22(26)18-8-10-20(28-3)11-9-18)23(27)25-13-12-17-6-4-5-7-19(17)15-25/h4-11,16,21H,12-15H2,1-3H3,(H,24,26)/t21-/m0/s1. The van der Waals surface area contributed by atoms with E-state index in [1.807, 2.05) is 17.0 Å². The Morgan fingerprint density at radius 2 is 1.75 bits per heavy atom. The zero-order chi connectivity index (χ0) is 20.1. The lowest BCUT2D eigenvalue weighted by molar-refractivity contribution is -0.134. The Labute approximate surface area is 166 Å². The van der Waals surface area contributed by atoms with Gasteiger partial charge in [0.25, 0.3) is 5.91 Å². The van der Waals surface area contributed by atoms with Crippen LogP contribution in [-0.4, -0.2) is 36.4 Å². The zero-order valence-electron chi connectivity index (χ0n) is 16.8. The Hall–Kier alpha value is -2.82. The van der Waals surface area contributed by atoms with Crippen molar-refractivity contribution in [2.24, 2.45) is 5.92 Å². The van der Waals surface area contributed by atoms with Crippen LogP contribution in [0.1, 0.15) is 41.8 Å². The van der Waals surface area contributed by atoms with E-state index >= 15 is 0 Å². The molecular weight excluding hydrogens is 352 g/mol. The average molecular weight is 380 g/mol. The third-order valence-electron chi connectivity index (χ3n) is 5.11. The molecule has 0 saturated carbocycles. The van der Waals surface area contributed by atoms with E-state index in [0.29, 0.717) is 36.7 Å². The van der Waals surface area contributed by atoms with Crippen LogP contribution in [0.3, 0.4) is 0 Å². The summed E-state index contributed by atoms with van der Waals surface area (Å²) in [5, 5.41) is 2.95. The minimum atomic E-state index is -0.528. The summed E-state index contributed by atoms with van der Waals surface area (Å²) in [6.45, 7) is 5.40. The van der Waals surface area contributed by atoms with Crippen LogP contribution >= 0.6 is 0 Å². The fraction of sp³-hybridized carbons (Fsp3) is 0.391. The normalized spacial score (nSPS) is 14.4. The van der Waals surface area contributed by atoms with Gasteiger partial charge in [-0.3, -0.25) is 9.59 Å². The summed E-state index contributed by atoms with van der Waals surface area (Å²) in [5.74, 6) is 0.740. The summed E-state index contributed by atoms with van der Waals surface area (Å²) in [4.78, 5) is 27.8. The second-order valence-electron chi connectivity index (χ2n) is 7.66. The predicted molar refractivity (Wildman–Crippen MR) is 109 cm³/mol. The first-order valence-corrected chi connectivity index (χ1v) is 9.78. The number of ether oxygens (including phenoxy) is 1. The number of carbonyl (C=O) groups is 2. The number of benzene rings is 2. The lowest BCUT2D eigenvalue weighted by Gasteiger charge is -2.32. The number of nitrogens with zero attached hydrogens (tertiary/aromatic N) is 1. The maximum atomic E-state index is 13.2. The number of carbonyl (C=O) groups excluding carboxylic acids is 2. The van der Waals surface area contributed by atoms with E-state index in [-0.39, 0.29) is 11.8 Å². The van der Waals surface area contributed by atoms with Crippen molar-refractivity contribution in [3.8, 4) is 5.75 Å². The molecule has 1 aliphatic heterocycles. The van der Waals surface area contributed by atoms with Crippen LogP contribution in [0, 0.1) is 5.92 Å². The van der Waals surface area contributed by atoms with Gasteiger partial charge in [-0.1, -0.05) is 38.1 Å². The zero-order valence-corrected chi connectivity index (χ0v) is 16.8. The predicted octanol–water partition coefficient (Wildman–Crippen LogP) is 3.42. The Kier molecular flexibility index (Phi) is 6.34. The first kappa shape index (κ1) is 19.9. The molecule has 148 valence electrons. The second-order valence-corrected chi connectivity index (χ2v) is 7.66. The van der Waals surface area contributed by atoms with Crippen LogP contribution in [0.4, 0.5) is 0 Å². The maximum absolute atomic E-state index is 13.2. The van der Waals surface area contributed by atoms with Crippen molar-refractivity contribution in [2.45, 2.75) is 39.3 Å². The van der Waals surface area contributed by atoms with E-state index in [2.05, 4.69) is 31.3 Å². The second kappa shape index (κ2) is 8.91. The molecule has 2 aromatic rings. The van der Waals surface area contributed by atoms with Gasteiger partial charge in [-0.2, -0.15) is 0 Å². The largest absolute Gasteiger partial charge is 0.497 e. The molecule has 0 saturated heterocycles. The van der Waals surface area contributed by atoms with E-state index in [1.165, 1.54) is 11.1 Å².